The van der Waals surface area contributed by atoms with E-state index in [-0.39, 0.29) is 23.7 Å². The number of carbonyl (C=O) groups excluding carboxylic acids is 5. The molecule has 42 heavy (non-hydrogen) atoms. The van der Waals surface area contributed by atoms with Crippen molar-refractivity contribution >= 4 is 29.8 Å². The lowest BCUT2D eigenvalue weighted by Gasteiger charge is -2.29. The molecule has 10 heteroatoms. The highest BCUT2D eigenvalue weighted by atomic mass is 16.7. The third-order valence-electron chi connectivity index (χ3n) is 7.08. The Morgan fingerprint density at radius 1 is 0.810 bits per heavy atom. The lowest BCUT2D eigenvalue weighted by atomic mass is 9.98. The predicted octanol–water partition coefficient (Wildman–Crippen LogP) is 4.72. The van der Waals surface area contributed by atoms with Crippen molar-refractivity contribution in [2.45, 2.75) is 44.8 Å². The van der Waals surface area contributed by atoms with Gasteiger partial charge in [-0.15, -0.1) is 0 Å². The lowest BCUT2D eigenvalue weighted by Crippen LogP contribution is -2.47. The number of fused-ring (bicyclic) bond motifs is 4. The molecule has 0 fully saturated rings. The van der Waals surface area contributed by atoms with Gasteiger partial charge in [0.15, 0.2) is 0 Å². The highest BCUT2D eigenvalue weighted by Gasteiger charge is 2.41. The van der Waals surface area contributed by atoms with Gasteiger partial charge < -0.3 is 14.3 Å². The van der Waals surface area contributed by atoms with Gasteiger partial charge in [0.25, 0.3) is 11.8 Å². The van der Waals surface area contributed by atoms with Gasteiger partial charge in [-0.3, -0.25) is 14.5 Å². The molecule has 1 unspecified atom stereocenters. The first-order valence-electron chi connectivity index (χ1n) is 13.5. The van der Waals surface area contributed by atoms with Crippen LogP contribution >= 0.6 is 0 Å². The second kappa shape index (κ2) is 11.1. The molecule has 5 rings (SSSR count). The molecule has 10 nitrogen and oxygen atoms in total. The summed E-state index contributed by atoms with van der Waals surface area (Å²) >= 11 is 0. The molecule has 3 amide bonds. The van der Waals surface area contributed by atoms with E-state index in [9.17, 15) is 24.0 Å². The second-order valence-electron chi connectivity index (χ2n) is 11.1. The Morgan fingerprint density at radius 2 is 1.29 bits per heavy atom. The molecule has 3 aromatic rings. The monoisotopic (exact) mass is 570 g/mol. The Hall–Kier alpha value is -4.99. The summed E-state index contributed by atoms with van der Waals surface area (Å²) in [7, 11) is 1.31. The molecule has 0 saturated heterocycles. The van der Waals surface area contributed by atoms with Gasteiger partial charge in [-0.2, -0.15) is 0 Å². The number of hydroxylamine groups is 2. The minimum Gasteiger partial charge on any atom is -0.458 e. The number of rotatable bonds is 7. The fraction of sp³-hybridized carbons (Fsp3) is 0.281. The van der Waals surface area contributed by atoms with E-state index in [1.54, 1.807) is 32.9 Å². The first-order chi connectivity index (χ1) is 20.0. The van der Waals surface area contributed by atoms with Gasteiger partial charge in [-0.25, -0.2) is 14.4 Å². The zero-order valence-corrected chi connectivity index (χ0v) is 23.7. The van der Waals surface area contributed by atoms with Gasteiger partial charge in [-0.05, 0) is 55.2 Å². The molecular formula is C32H30N2O8. The van der Waals surface area contributed by atoms with Crippen molar-refractivity contribution in [3.05, 3.63) is 95.1 Å². The number of hydrogen-bond acceptors (Lipinski definition) is 8. The molecule has 1 aliphatic heterocycles. The van der Waals surface area contributed by atoms with Crippen molar-refractivity contribution in [1.82, 2.24) is 9.96 Å². The van der Waals surface area contributed by atoms with Crippen LogP contribution in [0.4, 0.5) is 4.79 Å². The zero-order chi connectivity index (χ0) is 30.2. The van der Waals surface area contributed by atoms with Crippen molar-refractivity contribution in [1.29, 1.82) is 0 Å². The highest BCUT2D eigenvalue weighted by Crippen LogP contribution is 2.44. The van der Waals surface area contributed by atoms with Gasteiger partial charge in [-0.1, -0.05) is 65.7 Å². The Balaban J connectivity index is 1.30. The normalized spacial score (nSPS) is 14.5. The van der Waals surface area contributed by atoms with Crippen molar-refractivity contribution in [2.75, 3.05) is 13.7 Å². The smallest absolute Gasteiger partial charge is 0.410 e. The van der Waals surface area contributed by atoms with Crippen LogP contribution in [0.25, 0.3) is 11.1 Å². The molecule has 1 heterocycles. The van der Waals surface area contributed by atoms with Crippen molar-refractivity contribution in [3.8, 4) is 11.1 Å². The summed E-state index contributed by atoms with van der Waals surface area (Å²) in [4.78, 5) is 70.6. The minimum absolute atomic E-state index is 0.00226. The van der Waals surface area contributed by atoms with E-state index in [1.807, 2.05) is 48.5 Å². The summed E-state index contributed by atoms with van der Waals surface area (Å²) in [5.41, 5.74) is 3.41. The van der Waals surface area contributed by atoms with E-state index in [0.717, 1.165) is 27.2 Å². The molecule has 0 bridgehead atoms. The van der Waals surface area contributed by atoms with E-state index in [2.05, 4.69) is 0 Å². The summed E-state index contributed by atoms with van der Waals surface area (Å²) in [5.74, 6) is -3.78. The average molecular weight is 571 g/mol. The van der Waals surface area contributed by atoms with Crippen LogP contribution in [0, 0.1) is 0 Å². The van der Waals surface area contributed by atoms with E-state index in [1.165, 1.54) is 19.2 Å². The van der Waals surface area contributed by atoms with Gasteiger partial charge in [0.2, 0.25) is 0 Å². The quantitative estimate of drug-likeness (QED) is 0.296. The molecule has 3 aromatic carbocycles. The number of likely N-dealkylation sites (N-methyl/N-ethyl adjacent to an activating group) is 1. The molecule has 0 spiro atoms. The number of imide groups is 1. The highest BCUT2D eigenvalue weighted by molar-refractivity contribution is 6.20. The SMILES string of the molecule is CN(C(=O)OCC1c2ccccc2-c2ccccc21)C(CC(=O)ON1C(=O)c2ccccc2C1=O)C(=O)OC(C)(C)C. The number of nitrogens with zero attached hydrogens (tertiary/aromatic N) is 2. The number of ether oxygens (including phenoxy) is 2. The minimum atomic E-state index is -1.46. The molecule has 216 valence electrons. The van der Waals surface area contributed by atoms with Crippen molar-refractivity contribution in [3.63, 3.8) is 0 Å². The third-order valence-corrected chi connectivity index (χ3v) is 7.08. The van der Waals surface area contributed by atoms with Crippen LogP contribution in [0.5, 0.6) is 0 Å². The maximum Gasteiger partial charge on any atom is 0.410 e. The van der Waals surface area contributed by atoms with Gasteiger partial charge in [0.05, 0.1) is 17.5 Å². The molecule has 0 radical (unpaired) electrons. The summed E-state index contributed by atoms with van der Waals surface area (Å²) < 4.78 is 11.1. The summed E-state index contributed by atoms with van der Waals surface area (Å²) in [6.07, 6.45) is -1.55. The number of benzene rings is 3. The fourth-order valence-corrected chi connectivity index (χ4v) is 5.12. The Labute approximate surface area is 242 Å². The van der Waals surface area contributed by atoms with Gasteiger partial charge in [0, 0.05) is 13.0 Å². The standard InChI is InChI=1S/C32H30N2O8/c1-32(2,3)41-30(38)26(17-27(35)42-34-28(36)23-15-9-10-16-24(23)29(34)37)33(4)31(39)40-18-25-21-13-7-5-11-19(21)20-12-6-8-14-22(20)25/h5-16,25-26H,17-18H2,1-4H3. The molecule has 0 saturated carbocycles. The Morgan fingerprint density at radius 3 is 1.79 bits per heavy atom. The van der Waals surface area contributed by atoms with Crippen LogP contribution in [0.1, 0.15) is 65.0 Å². The van der Waals surface area contributed by atoms with Crippen molar-refractivity contribution < 1.29 is 38.3 Å². The lowest BCUT2D eigenvalue weighted by molar-refractivity contribution is -0.174. The van der Waals surface area contributed by atoms with Gasteiger partial charge in [0.1, 0.15) is 18.2 Å². The van der Waals surface area contributed by atoms with Crippen molar-refractivity contribution in [2.24, 2.45) is 0 Å². The molecule has 1 atom stereocenters. The molecular weight excluding hydrogens is 540 g/mol. The maximum atomic E-state index is 13.2. The summed E-state index contributed by atoms with van der Waals surface area (Å²) in [6, 6.07) is 20.3. The average Bonchev–Trinajstić information content (AvgIpc) is 3.40. The van der Waals surface area contributed by atoms with Crippen LogP contribution < -0.4 is 0 Å². The van der Waals surface area contributed by atoms with Crippen LogP contribution in [-0.2, 0) is 23.9 Å². The fourth-order valence-electron chi connectivity index (χ4n) is 5.12. The van der Waals surface area contributed by atoms with Crippen LogP contribution in [-0.4, -0.2) is 65.1 Å². The first kappa shape index (κ1) is 28.5. The largest absolute Gasteiger partial charge is 0.458 e. The maximum absolute atomic E-state index is 13.2. The molecule has 0 N–H and O–H groups in total. The Kier molecular flexibility index (Phi) is 7.55. The summed E-state index contributed by atoms with van der Waals surface area (Å²) in [6.45, 7) is 4.93. The second-order valence-corrected chi connectivity index (χ2v) is 11.1. The number of carbonyl (C=O) groups is 5. The summed E-state index contributed by atoms with van der Waals surface area (Å²) in [5, 5.41) is 0.354. The molecule has 1 aliphatic carbocycles. The molecule has 0 aromatic heterocycles. The number of hydrogen-bond donors (Lipinski definition) is 0. The molecule has 2 aliphatic rings. The third kappa shape index (κ3) is 5.47. The predicted molar refractivity (Wildman–Crippen MR) is 150 cm³/mol. The van der Waals surface area contributed by atoms with Crippen LogP contribution in [0.15, 0.2) is 72.8 Å². The van der Waals surface area contributed by atoms with Crippen LogP contribution in [0.2, 0.25) is 0 Å². The van der Waals surface area contributed by atoms with E-state index >= 15 is 0 Å². The van der Waals surface area contributed by atoms with Gasteiger partial charge >= 0.3 is 18.0 Å². The first-order valence-corrected chi connectivity index (χ1v) is 13.5. The van der Waals surface area contributed by atoms with Crippen LogP contribution in [0.3, 0.4) is 0 Å². The van der Waals surface area contributed by atoms with E-state index < -0.39 is 47.9 Å². The topological polar surface area (TPSA) is 120 Å². The number of amides is 3. The van der Waals surface area contributed by atoms with E-state index in [4.69, 9.17) is 14.3 Å². The number of esters is 1. The zero-order valence-electron chi connectivity index (χ0n) is 23.7. The van der Waals surface area contributed by atoms with E-state index in [0.29, 0.717) is 5.06 Å². The Bertz CT molecular complexity index is 1510.